The molecule has 2 heteroatoms. The van der Waals surface area contributed by atoms with E-state index in [1.54, 1.807) is 0 Å². The van der Waals surface area contributed by atoms with Crippen LogP contribution in [0.25, 0.3) is 0 Å². The van der Waals surface area contributed by atoms with Crippen LogP contribution in [-0.2, 0) is 6.42 Å². The number of hydrogen-bond acceptors (Lipinski definition) is 2. The number of rotatable bonds is 6. The van der Waals surface area contributed by atoms with E-state index >= 15 is 0 Å². The zero-order valence-corrected chi connectivity index (χ0v) is 10.4. The Morgan fingerprint density at radius 3 is 2.87 bits per heavy atom. The second-order valence-corrected chi connectivity index (χ2v) is 4.97. The van der Waals surface area contributed by atoms with Crippen LogP contribution in [0.1, 0.15) is 24.0 Å². The Bertz CT molecular complexity index is 286. The van der Waals surface area contributed by atoms with Crippen molar-refractivity contribution in [1.82, 2.24) is 0 Å². The molecule has 1 aromatic carbocycles. The van der Waals surface area contributed by atoms with Crippen LogP contribution in [0.15, 0.2) is 24.3 Å². The summed E-state index contributed by atoms with van der Waals surface area (Å²) in [6.07, 6.45) is 4.73. The fourth-order valence-electron chi connectivity index (χ4n) is 1.68. The Morgan fingerprint density at radius 2 is 2.20 bits per heavy atom. The fraction of sp³-hybridized carbons (Fsp3) is 0.538. The van der Waals surface area contributed by atoms with Gasteiger partial charge in [-0.3, -0.25) is 0 Å². The molecule has 0 saturated heterocycles. The Labute approximate surface area is 96.9 Å². The van der Waals surface area contributed by atoms with Gasteiger partial charge in [0.05, 0.1) is 6.10 Å². The topological polar surface area (TPSA) is 20.2 Å². The molecule has 1 nitrogen and oxygen atoms in total. The predicted octanol–water partition coefficient (Wildman–Crippen LogP) is 3.04. The Morgan fingerprint density at radius 1 is 1.40 bits per heavy atom. The molecule has 0 radical (unpaired) electrons. The van der Waals surface area contributed by atoms with E-state index in [4.69, 9.17) is 0 Å². The van der Waals surface area contributed by atoms with E-state index in [1.807, 2.05) is 11.8 Å². The molecule has 0 fully saturated rings. The van der Waals surface area contributed by atoms with Gasteiger partial charge in [0.25, 0.3) is 0 Å². The molecule has 84 valence electrons. The summed E-state index contributed by atoms with van der Waals surface area (Å²) in [7, 11) is 0. The van der Waals surface area contributed by atoms with Gasteiger partial charge in [-0.2, -0.15) is 11.8 Å². The van der Waals surface area contributed by atoms with E-state index < -0.39 is 0 Å². The summed E-state index contributed by atoms with van der Waals surface area (Å²) >= 11 is 1.84. The highest BCUT2D eigenvalue weighted by atomic mass is 32.2. The SMILES string of the molecule is CSCCCC(O)Cc1cccc(C)c1. The molecular weight excluding hydrogens is 204 g/mol. The van der Waals surface area contributed by atoms with Crippen molar-refractivity contribution >= 4 is 11.8 Å². The average molecular weight is 224 g/mol. The summed E-state index contributed by atoms with van der Waals surface area (Å²) < 4.78 is 0. The first-order valence-corrected chi connectivity index (χ1v) is 6.84. The molecule has 1 aromatic rings. The molecule has 0 heterocycles. The second-order valence-electron chi connectivity index (χ2n) is 3.98. The van der Waals surface area contributed by atoms with Crippen molar-refractivity contribution in [1.29, 1.82) is 0 Å². The Hall–Kier alpha value is -0.470. The lowest BCUT2D eigenvalue weighted by Crippen LogP contribution is -2.10. The van der Waals surface area contributed by atoms with E-state index in [-0.39, 0.29) is 6.10 Å². The predicted molar refractivity (Wildman–Crippen MR) is 68.5 cm³/mol. The monoisotopic (exact) mass is 224 g/mol. The van der Waals surface area contributed by atoms with E-state index in [0.717, 1.165) is 25.0 Å². The van der Waals surface area contributed by atoms with E-state index in [9.17, 15) is 5.11 Å². The van der Waals surface area contributed by atoms with Gasteiger partial charge in [-0.1, -0.05) is 29.8 Å². The maximum absolute atomic E-state index is 9.81. The van der Waals surface area contributed by atoms with Crippen molar-refractivity contribution in [3.63, 3.8) is 0 Å². The summed E-state index contributed by atoms with van der Waals surface area (Å²) in [6, 6.07) is 8.38. The minimum Gasteiger partial charge on any atom is -0.393 e. The van der Waals surface area contributed by atoms with Gasteiger partial charge in [-0.05, 0) is 43.8 Å². The number of aliphatic hydroxyl groups excluding tert-OH is 1. The van der Waals surface area contributed by atoms with Crippen molar-refractivity contribution < 1.29 is 5.11 Å². The molecule has 1 unspecified atom stereocenters. The van der Waals surface area contributed by atoms with Gasteiger partial charge in [0.15, 0.2) is 0 Å². The summed E-state index contributed by atoms with van der Waals surface area (Å²) in [5.41, 5.74) is 2.51. The van der Waals surface area contributed by atoms with Gasteiger partial charge in [0, 0.05) is 0 Å². The van der Waals surface area contributed by atoms with Crippen LogP contribution in [0.3, 0.4) is 0 Å². The third-order valence-electron chi connectivity index (χ3n) is 2.44. The van der Waals surface area contributed by atoms with Crippen molar-refractivity contribution in [3.05, 3.63) is 35.4 Å². The highest BCUT2D eigenvalue weighted by Crippen LogP contribution is 2.10. The second kappa shape index (κ2) is 6.91. The van der Waals surface area contributed by atoms with E-state index in [1.165, 1.54) is 11.1 Å². The van der Waals surface area contributed by atoms with Crippen LogP contribution in [0.4, 0.5) is 0 Å². The van der Waals surface area contributed by atoms with Gasteiger partial charge >= 0.3 is 0 Å². The molecule has 1 atom stereocenters. The maximum atomic E-state index is 9.81. The summed E-state index contributed by atoms with van der Waals surface area (Å²) in [6.45, 7) is 2.09. The Balaban J connectivity index is 2.34. The Kier molecular flexibility index (Phi) is 5.81. The lowest BCUT2D eigenvalue weighted by Gasteiger charge is -2.10. The number of aryl methyl sites for hydroxylation is 1. The highest BCUT2D eigenvalue weighted by Gasteiger charge is 2.05. The van der Waals surface area contributed by atoms with Crippen LogP contribution in [0.5, 0.6) is 0 Å². The van der Waals surface area contributed by atoms with Gasteiger partial charge in [-0.15, -0.1) is 0 Å². The lowest BCUT2D eigenvalue weighted by molar-refractivity contribution is 0.164. The van der Waals surface area contributed by atoms with Crippen molar-refractivity contribution in [2.24, 2.45) is 0 Å². The van der Waals surface area contributed by atoms with Crippen molar-refractivity contribution in [2.75, 3.05) is 12.0 Å². The fourth-order valence-corrected chi connectivity index (χ4v) is 2.13. The number of thioether (sulfide) groups is 1. The van der Waals surface area contributed by atoms with Crippen LogP contribution in [0.2, 0.25) is 0 Å². The third kappa shape index (κ3) is 5.24. The molecule has 0 spiro atoms. The quantitative estimate of drug-likeness (QED) is 0.749. The van der Waals surface area contributed by atoms with Gasteiger partial charge in [-0.25, -0.2) is 0 Å². The van der Waals surface area contributed by atoms with E-state index in [0.29, 0.717) is 0 Å². The van der Waals surface area contributed by atoms with E-state index in [2.05, 4.69) is 37.4 Å². The summed E-state index contributed by atoms with van der Waals surface area (Å²) in [5, 5.41) is 9.81. The van der Waals surface area contributed by atoms with Gasteiger partial charge in [0.1, 0.15) is 0 Å². The minimum atomic E-state index is -0.182. The van der Waals surface area contributed by atoms with Crippen molar-refractivity contribution in [2.45, 2.75) is 32.3 Å². The van der Waals surface area contributed by atoms with Crippen LogP contribution >= 0.6 is 11.8 Å². The molecule has 0 aliphatic carbocycles. The summed E-state index contributed by atoms with van der Waals surface area (Å²) in [5.74, 6) is 1.14. The molecule has 0 aromatic heterocycles. The average Bonchev–Trinajstić information content (AvgIpc) is 2.18. The third-order valence-corrected chi connectivity index (χ3v) is 3.14. The standard InChI is InChI=1S/C13H20OS/c1-11-5-3-6-12(9-11)10-13(14)7-4-8-15-2/h3,5-6,9,13-14H,4,7-8,10H2,1-2H3. The number of benzene rings is 1. The first-order chi connectivity index (χ1) is 7.22. The lowest BCUT2D eigenvalue weighted by atomic mass is 10.0. The number of hydrogen-bond donors (Lipinski definition) is 1. The number of aliphatic hydroxyl groups is 1. The molecule has 1 N–H and O–H groups in total. The molecule has 1 rings (SSSR count). The summed E-state index contributed by atoms with van der Waals surface area (Å²) in [4.78, 5) is 0. The van der Waals surface area contributed by atoms with Gasteiger partial charge in [0.2, 0.25) is 0 Å². The largest absolute Gasteiger partial charge is 0.393 e. The first-order valence-electron chi connectivity index (χ1n) is 5.45. The van der Waals surface area contributed by atoms with Crippen LogP contribution < -0.4 is 0 Å². The van der Waals surface area contributed by atoms with Crippen molar-refractivity contribution in [3.8, 4) is 0 Å². The molecule has 0 aliphatic rings. The van der Waals surface area contributed by atoms with Crippen LogP contribution in [0, 0.1) is 6.92 Å². The first kappa shape index (κ1) is 12.6. The molecule has 15 heavy (non-hydrogen) atoms. The minimum absolute atomic E-state index is 0.182. The molecule has 0 aliphatic heterocycles. The zero-order valence-electron chi connectivity index (χ0n) is 9.57. The maximum Gasteiger partial charge on any atom is 0.0580 e. The normalized spacial score (nSPS) is 12.7. The highest BCUT2D eigenvalue weighted by molar-refractivity contribution is 7.98. The zero-order chi connectivity index (χ0) is 11.1. The molecule has 0 amide bonds. The van der Waals surface area contributed by atoms with Crippen LogP contribution in [-0.4, -0.2) is 23.2 Å². The van der Waals surface area contributed by atoms with Gasteiger partial charge < -0.3 is 5.11 Å². The molecule has 0 saturated carbocycles. The smallest absolute Gasteiger partial charge is 0.0580 e. The molecule has 0 bridgehead atoms. The molecular formula is C13H20OS.